The van der Waals surface area contributed by atoms with Crippen molar-refractivity contribution in [2.45, 2.75) is 32.1 Å². The molecule has 2 heterocycles. The van der Waals surface area contributed by atoms with Gasteiger partial charge in [0, 0.05) is 18.0 Å². The van der Waals surface area contributed by atoms with E-state index in [1.165, 1.54) is 0 Å². The Hall–Kier alpha value is -1.69. The number of hydrogen-bond donors (Lipinski definition) is 1. The van der Waals surface area contributed by atoms with Crippen molar-refractivity contribution in [2.75, 3.05) is 19.6 Å². The molecule has 2 aromatic rings. The van der Waals surface area contributed by atoms with Crippen molar-refractivity contribution in [2.24, 2.45) is 0 Å². The molecule has 1 aromatic heterocycles. The molecule has 24 heavy (non-hydrogen) atoms. The van der Waals surface area contributed by atoms with E-state index in [1.54, 1.807) is 11.3 Å². The summed E-state index contributed by atoms with van der Waals surface area (Å²) in [7, 11) is 0. The predicted molar refractivity (Wildman–Crippen MR) is 97.2 cm³/mol. The summed E-state index contributed by atoms with van der Waals surface area (Å²) in [5, 5.41) is 5.25. The summed E-state index contributed by atoms with van der Waals surface area (Å²) < 4.78 is 5.74. The minimum atomic E-state index is -0.0883. The van der Waals surface area contributed by atoms with Gasteiger partial charge in [-0.05, 0) is 30.9 Å². The monoisotopic (exact) mass is 344 g/mol. The van der Waals surface area contributed by atoms with E-state index in [2.05, 4.69) is 42.3 Å². The lowest BCUT2D eigenvalue weighted by atomic mass is 10.1. The second-order valence-corrected chi connectivity index (χ2v) is 7.36. The average Bonchev–Trinajstić information content (AvgIpc) is 3.06. The van der Waals surface area contributed by atoms with Gasteiger partial charge in [-0.3, -0.25) is 9.69 Å². The molecule has 0 spiro atoms. The van der Waals surface area contributed by atoms with Crippen LogP contribution in [0.15, 0.2) is 47.8 Å². The molecule has 1 saturated heterocycles. The van der Waals surface area contributed by atoms with Crippen LogP contribution >= 0.6 is 11.3 Å². The molecular weight excluding hydrogens is 320 g/mol. The molecule has 1 amide bonds. The third-order valence-electron chi connectivity index (χ3n) is 4.13. The number of nitrogens with one attached hydrogen (secondary N) is 1. The Balaban J connectivity index is 1.68. The van der Waals surface area contributed by atoms with Crippen LogP contribution in [0.1, 0.15) is 30.3 Å². The fourth-order valence-electron chi connectivity index (χ4n) is 3.24. The second kappa shape index (κ2) is 7.92. The Morgan fingerprint density at radius 3 is 2.54 bits per heavy atom. The molecule has 1 fully saturated rings. The second-order valence-electron chi connectivity index (χ2n) is 6.38. The highest BCUT2D eigenvalue weighted by Crippen LogP contribution is 2.25. The Kier molecular flexibility index (Phi) is 5.66. The maximum Gasteiger partial charge on any atom is 0.234 e. The number of carbonyl (C=O) groups is 1. The van der Waals surface area contributed by atoms with E-state index in [0.717, 1.165) is 23.5 Å². The summed E-state index contributed by atoms with van der Waals surface area (Å²) in [5.74, 6) is 0.0542. The smallest absolute Gasteiger partial charge is 0.234 e. The van der Waals surface area contributed by atoms with Crippen molar-refractivity contribution in [3.8, 4) is 0 Å². The molecule has 3 atom stereocenters. The standard InChI is InChI=1S/C19H24N2O2S/c1-14-11-21(12-15(2)23-14)13-18(22)20-19(17-9-6-10-24-17)16-7-4-3-5-8-16/h3-10,14-15,19H,11-13H2,1-2H3,(H,20,22)/t14-,15-,19-/m0/s1. The first-order valence-corrected chi connectivity index (χ1v) is 9.25. The van der Waals surface area contributed by atoms with Crippen molar-refractivity contribution in [3.63, 3.8) is 0 Å². The lowest BCUT2D eigenvalue weighted by Gasteiger charge is -2.35. The molecular formula is C19H24N2O2S. The zero-order chi connectivity index (χ0) is 16.9. The molecule has 0 unspecified atom stereocenters. The SMILES string of the molecule is C[C@H]1CN(CC(=O)N[C@@H](c2ccccc2)c2cccs2)C[C@H](C)O1. The van der Waals surface area contributed by atoms with Crippen LogP contribution in [0.4, 0.5) is 0 Å². The van der Waals surface area contributed by atoms with Gasteiger partial charge >= 0.3 is 0 Å². The molecule has 3 rings (SSSR count). The molecule has 0 radical (unpaired) electrons. The molecule has 1 aliphatic rings. The summed E-state index contributed by atoms with van der Waals surface area (Å²) >= 11 is 1.67. The van der Waals surface area contributed by atoms with E-state index in [9.17, 15) is 4.79 Å². The van der Waals surface area contributed by atoms with Gasteiger partial charge in [0.15, 0.2) is 0 Å². The minimum Gasteiger partial charge on any atom is -0.373 e. The van der Waals surface area contributed by atoms with Gasteiger partial charge in [-0.15, -0.1) is 11.3 Å². The van der Waals surface area contributed by atoms with Gasteiger partial charge in [-0.1, -0.05) is 36.4 Å². The molecule has 0 saturated carbocycles. The third kappa shape index (κ3) is 4.44. The first-order valence-electron chi connectivity index (χ1n) is 8.37. The van der Waals surface area contributed by atoms with Gasteiger partial charge < -0.3 is 10.1 Å². The topological polar surface area (TPSA) is 41.6 Å². The Bertz CT molecular complexity index is 635. The number of morpholine rings is 1. The fourth-order valence-corrected chi connectivity index (χ4v) is 4.05. The van der Waals surface area contributed by atoms with Crippen molar-refractivity contribution in [1.29, 1.82) is 0 Å². The van der Waals surface area contributed by atoms with Crippen LogP contribution in [0.3, 0.4) is 0 Å². The Labute approximate surface area is 147 Å². The maximum absolute atomic E-state index is 12.6. The molecule has 5 heteroatoms. The Morgan fingerprint density at radius 1 is 1.21 bits per heavy atom. The molecule has 4 nitrogen and oxygen atoms in total. The number of hydrogen-bond acceptors (Lipinski definition) is 4. The summed E-state index contributed by atoms with van der Waals surface area (Å²) in [6.07, 6.45) is 0.340. The molecule has 128 valence electrons. The number of thiophene rings is 1. The zero-order valence-electron chi connectivity index (χ0n) is 14.1. The van der Waals surface area contributed by atoms with Gasteiger partial charge in [0.1, 0.15) is 0 Å². The minimum absolute atomic E-state index is 0.0542. The normalized spacial score (nSPS) is 22.9. The van der Waals surface area contributed by atoms with Gasteiger partial charge in [-0.25, -0.2) is 0 Å². The zero-order valence-corrected chi connectivity index (χ0v) is 15.0. The van der Waals surface area contributed by atoms with Crippen LogP contribution in [0.2, 0.25) is 0 Å². The highest BCUT2D eigenvalue weighted by molar-refractivity contribution is 7.10. The number of carbonyl (C=O) groups excluding carboxylic acids is 1. The summed E-state index contributed by atoms with van der Waals surface area (Å²) in [6, 6.07) is 14.1. The van der Waals surface area contributed by atoms with Crippen molar-refractivity contribution in [1.82, 2.24) is 10.2 Å². The molecule has 0 aliphatic carbocycles. The van der Waals surface area contributed by atoms with Crippen molar-refractivity contribution in [3.05, 3.63) is 58.3 Å². The van der Waals surface area contributed by atoms with Gasteiger partial charge in [0.2, 0.25) is 5.91 Å². The van der Waals surface area contributed by atoms with Gasteiger partial charge in [-0.2, -0.15) is 0 Å². The molecule has 1 N–H and O–H groups in total. The Morgan fingerprint density at radius 2 is 1.92 bits per heavy atom. The largest absolute Gasteiger partial charge is 0.373 e. The highest BCUT2D eigenvalue weighted by atomic mass is 32.1. The van der Waals surface area contributed by atoms with E-state index >= 15 is 0 Å². The first-order chi connectivity index (χ1) is 11.6. The van der Waals surface area contributed by atoms with Crippen LogP contribution in [0, 0.1) is 0 Å². The van der Waals surface area contributed by atoms with Gasteiger partial charge in [0.05, 0.1) is 24.8 Å². The third-order valence-corrected chi connectivity index (χ3v) is 5.07. The van der Waals surface area contributed by atoms with E-state index in [4.69, 9.17) is 4.74 Å². The predicted octanol–water partition coefficient (Wildman–Crippen LogP) is 3.06. The lowest BCUT2D eigenvalue weighted by molar-refractivity contribution is -0.126. The van der Waals surface area contributed by atoms with Crippen molar-refractivity contribution < 1.29 is 9.53 Å². The van der Waals surface area contributed by atoms with Crippen molar-refractivity contribution >= 4 is 17.2 Å². The summed E-state index contributed by atoms with van der Waals surface area (Å²) in [5.41, 5.74) is 1.11. The lowest BCUT2D eigenvalue weighted by Crippen LogP contribution is -2.49. The number of rotatable bonds is 5. The molecule has 0 bridgehead atoms. The first kappa shape index (κ1) is 17.1. The average molecular weight is 344 g/mol. The van der Waals surface area contributed by atoms with E-state index in [-0.39, 0.29) is 24.2 Å². The quantitative estimate of drug-likeness (QED) is 0.906. The van der Waals surface area contributed by atoms with Crippen LogP contribution in [0.25, 0.3) is 0 Å². The number of ether oxygens (including phenoxy) is 1. The van der Waals surface area contributed by atoms with E-state index < -0.39 is 0 Å². The van der Waals surface area contributed by atoms with Crippen LogP contribution in [0.5, 0.6) is 0 Å². The summed E-state index contributed by atoms with van der Waals surface area (Å²) in [4.78, 5) is 15.9. The molecule has 1 aromatic carbocycles. The van der Waals surface area contributed by atoms with Gasteiger partial charge in [0.25, 0.3) is 0 Å². The number of benzene rings is 1. The fraction of sp³-hybridized carbons (Fsp3) is 0.421. The highest BCUT2D eigenvalue weighted by Gasteiger charge is 2.25. The van der Waals surface area contributed by atoms with E-state index in [1.807, 2.05) is 29.6 Å². The maximum atomic E-state index is 12.6. The van der Waals surface area contributed by atoms with Crippen LogP contribution in [-0.2, 0) is 9.53 Å². The van der Waals surface area contributed by atoms with E-state index in [0.29, 0.717) is 6.54 Å². The molecule has 1 aliphatic heterocycles. The van der Waals surface area contributed by atoms with Crippen LogP contribution in [-0.4, -0.2) is 42.6 Å². The number of nitrogens with zero attached hydrogens (tertiary/aromatic N) is 1. The summed E-state index contributed by atoms with van der Waals surface area (Å²) in [6.45, 7) is 6.12. The van der Waals surface area contributed by atoms with Crippen LogP contribution < -0.4 is 5.32 Å². The number of amides is 1.